The summed E-state index contributed by atoms with van der Waals surface area (Å²) in [4.78, 5) is 25.5. The van der Waals surface area contributed by atoms with E-state index in [1.54, 1.807) is 0 Å². The highest BCUT2D eigenvalue weighted by Gasteiger charge is 2.26. The molecule has 110 valence electrons. The van der Waals surface area contributed by atoms with Gasteiger partial charge in [0.05, 0.1) is 10.5 Å². The Morgan fingerprint density at radius 2 is 2.14 bits per heavy atom. The van der Waals surface area contributed by atoms with Gasteiger partial charge in [-0.25, -0.2) is 4.98 Å². The summed E-state index contributed by atoms with van der Waals surface area (Å²) >= 11 is 0. The molecule has 1 aliphatic carbocycles. The van der Waals surface area contributed by atoms with Crippen LogP contribution in [0.2, 0.25) is 0 Å². The van der Waals surface area contributed by atoms with Crippen LogP contribution in [0, 0.1) is 27.4 Å². The van der Waals surface area contributed by atoms with E-state index in [0.29, 0.717) is 25.7 Å². The largest absolute Gasteiger partial charge is 0.369 e. The third-order valence-electron chi connectivity index (χ3n) is 3.66. The Bertz CT molecular complexity index is 602. The number of hydrogen-bond acceptors (Lipinski definition) is 6. The van der Waals surface area contributed by atoms with Crippen molar-refractivity contribution in [2.45, 2.75) is 31.7 Å². The highest BCUT2D eigenvalue weighted by Crippen LogP contribution is 2.29. The number of rotatable bonds is 4. The van der Waals surface area contributed by atoms with Crippen LogP contribution >= 0.6 is 0 Å². The zero-order chi connectivity index (χ0) is 15.4. The fourth-order valence-corrected chi connectivity index (χ4v) is 2.48. The molecular formula is C13H15N5O3. The lowest BCUT2D eigenvalue weighted by Gasteiger charge is -2.27. The van der Waals surface area contributed by atoms with Gasteiger partial charge in [0, 0.05) is 24.2 Å². The van der Waals surface area contributed by atoms with Gasteiger partial charge in [-0.2, -0.15) is 5.26 Å². The van der Waals surface area contributed by atoms with Crippen LogP contribution in [-0.2, 0) is 4.79 Å². The fraction of sp³-hybridized carbons (Fsp3) is 0.462. The second-order valence-electron chi connectivity index (χ2n) is 5.06. The maximum Gasteiger partial charge on any atom is 0.312 e. The van der Waals surface area contributed by atoms with E-state index in [1.165, 1.54) is 12.3 Å². The summed E-state index contributed by atoms with van der Waals surface area (Å²) in [5.41, 5.74) is 5.20. The number of carbonyl (C=O) groups excluding carboxylic acids is 1. The number of anilines is 1. The molecule has 21 heavy (non-hydrogen) atoms. The molecule has 0 radical (unpaired) electrons. The molecule has 2 rings (SSSR count). The average molecular weight is 289 g/mol. The van der Waals surface area contributed by atoms with Crippen LogP contribution in [0.3, 0.4) is 0 Å². The molecule has 0 aromatic carbocycles. The summed E-state index contributed by atoms with van der Waals surface area (Å²) < 4.78 is 0. The van der Waals surface area contributed by atoms with Crippen molar-refractivity contribution in [3.8, 4) is 6.07 Å². The second kappa shape index (κ2) is 6.17. The first-order valence-corrected chi connectivity index (χ1v) is 6.61. The van der Waals surface area contributed by atoms with E-state index >= 15 is 0 Å². The van der Waals surface area contributed by atoms with Crippen LogP contribution in [-0.4, -0.2) is 21.9 Å². The Hall–Kier alpha value is -2.69. The first kappa shape index (κ1) is 14.7. The quantitative estimate of drug-likeness (QED) is 0.633. The lowest BCUT2D eigenvalue weighted by Crippen LogP contribution is -2.32. The van der Waals surface area contributed by atoms with Crippen LogP contribution in [0.1, 0.15) is 31.2 Å². The van der Waals surface area contributed by atoms with E-state index in [0.717, 1.165) is 0 Å². The Kier molecular flexibility index (Phi) is 4.33. The Balaban J connectivity index is 2.09. The van der Waals surface area contributed by atoms with Gasteiger partial charge < -0.3 is 11.1 Å². The van der Waals surface area contributed by atoms with Crippen molar-refractivity contribution in [2.75, 3.05) is 5.32 Å². The molecular weight excluding hydrogens is 274 g/mol. The number of nitrogens with zero attached hydrogens (tertiary/aromatic N) is 3. The number of primary amides is 1. The predicted octanol–water partition coefficient (Wildman–Crippen LogP) is 1.32. The van der Waals surface area contributed by atoms with Gasteiger partial charge in [0.1, 0.15) is 6.07 Å². The van der Waals surface area contributed by atoms with Crippen LogP contribution < -0.4 is 11.1 Å². The molecule has 1 amide bonds. The molecule has 0 unspecified atom stereocenters. The van der Waals surface area contributed by atoms with Crippen molar-refractivity contribution in [3.63, 3.8) is 0 Å². The number of amides is 1. The van der Waals surface area contributed by atoms with Gasteiger partial charge in [-0.3, -0.25) is 14.9 Å². The van der Waals surface area contributed by atoms with Gasteiger partial charge in [0.25, 0.3) is 0 Å². The summed E-state index contributed by atoms with van der Waals surface area (Å²) in [5.74, 6) is -0.260. The molecule has 1 aromatic rings. The van der Waals surface area contributed by atoms with Crippen LogP contribution in [0.4, 0.5) is 11.5 Å². The molecule has 8 heteroatoms. The molecule has 1 fully saturated rings. The molecule has 0 saturated heterocycles. The van der Waals surface area contributed by atoms with E-state index in [9.17, 15) is 14.9 Å². The number of nitrogens with one attached hydrogen (secondary N) is 1. The zero-order valence-corrected chi connectivity index (χ0v) is 11.3. The maximum absolute atomic E-state index is 11.1. The molecule has 0 atom stereocenters. The molecule has 1 aromatic heterocycles. The van der Waals surface area contributed by atoms with Gasteiger partial charge in [-0.15, -0.1) is 0 Å². The van der Waals surface area contributed by atoms with Crippen LogP contribution in [0.15, 0.2) is 12.3 Å². The Labute approximate surface area is 121 Å². The number of nitro groups is 1. The van der Waals surface area contributed by atoms with Gasteiger partial charge >= 0.3 is 5.69 Å². The lowest BCUT2D eigenvalue weighted by molar-refractivity contribution is -0.384. The number of hydrogen-bond donors (Lipinski definition) is 2. The third kappa shape index (κ3) is 3.45. The normalized spacial score (nSPS) is 21.3. The lowest BCUT2D eigenvalue weighted by atomic mass is 9.85. The summed E-state index contributed by atoms with van der Waals surface area (Å²) in [6.45, 7) is 0. The summed E-state index contributed by atoms with van der Waals surface area (Å²) in [6.07, 6.45) is 4.03. The van der Waals surface area contributed by atoms with Crippen LogP contribution in [0.25, 0.3) is 0 Å². The molecule has 1 aliphatic rings. The topological polar surface area (TPSA) is 135 Å². The molecule has 3 N–H and O–H groups in total. The van der Waals surface area contributed by atoms with Crippen molar-refractivity contribution >= 4 is 17.4 Å². The third-order valence-corrected chi connectivity index (χ3v) is 3.66. The monoisotopic (exact) mass is 289 g/mol. The molecule has 8 nitrogen and oxygen atoms in total. The highest BCUT2D eigenvalue weighted by atomic mass is 16.6. The van der Waals surface area contributed by atoms with Crippen molar-refractivity contribution in [1.82, 2.24) is 4.98 Å². The first-order valence-electron chi connectivity index (χ1n) is 6.61. The standard InChI is InChI=1S/C13H15N5O3/c14-6-8-5-11(18(20)21)13(16-7-8)17-10-3-1-9(2-4-10)12(15)19/h5,7,9-10H,1-4H2,(H2,15,19)(H,16,17). The molecule has 1 saturated carbocycles. The minimum atomic E-state index is -0.564. The molecule has 0 aliphatic heterocycles. The SMILES string of the molecule is N#Cc1cnc(NC2CCC(C(N)=O)CC2)c([N+](=O)[O-])c1. The molecule has 1 heterocycles. The van der Waals surface area contributed by atoms with Crippen LogP contribution in [0.5, 0.6) is 0 Å². The predicted molar refractivity (Wildman–Crippen MR) is 74.2 cm³/mol. The van der Waals surface area contributed by atoms with Crippen molar-refractivity contribution in [3.05, 3.63) is 27.9 Å². The summed E-state index contributed by atoms with van der Waals surface area (Å²) in [6, 6.07) is 3.04. The van der Waals surface area contributed by atoms with Gasteiger partial charge in [0.2, 0.25) is 11.7 Å². The minimum Gasteiger partial charge on any atom is -0.369 e. The van der Waals surface area contributed by atoms with E-state index in [2.05, 4.69) is 10.3 Å². The highest BCUT2D eigenvalue weighted by molar-refractivity contribution is 5.76. The number of aromatic nitrogens is 1. The number of nitrogens with two attached hydrogens (primary N) is 1. The maximum atomic E-state index is 11.1. The van der Waals surface area contributed by atoms with Gasteiger partial charge in [-0.05, 0) is 25.7 Å². The first-order chi connectivity index (χ1) is 10.0. The minimum absolute atomic E-state index is 0.0136. The average Bonchev–Trinajstić information content (AvgIpc) is 2.48. The summed E-state index contributed by atoms with van der Waals surface area (Å²) in [5, 5.41) is 22.8. The number of nitriles is 1. The van der Waals surface area contributed by atoms with E-state index in [-0.39, 0.29) is 34.9 Å². The van der Waals surface area contributed by atoms with E-state index < -0.39 is 4.92 Å². The second-order valence-corrected chi connectivity index (χ2v) is 5.06. The smallest absolute Gasteiger partial charge is 0.312 e. The molecule has 0 bridgehead atoms. The van der Waals surface area contributed by atoms with Crippen molar-refractivity contribution < 1.29 is 9.72 Å². The number of carbonyl (C=O) groups is 1. The van der Waals surface area contributed by atoms with E-state index in [4.69, 9.17) is 11.0 Å². The Morgan fingerprint density at radius 3 is 2.67 bits per heavy atom. The summed E-state index contributed by atoms with van der Waals surface area (Å²) in [7, 11) is 0. The van der Waals surface area contributed by atoms with Crippen molar-refractivity contribution in [2.24, 2.45) is 11.7 Å². The van der Waals surface area contributed by atoms with Gasteiger partial charge in [0.15, 0.2) is 0 Å². The zero-order valence-electron chi connectivity index (χ0n) is 11.3. The van der Waals surface area contributed by atoms with Gasteiger partial charge in [-0.1, -0.05) is 0 Å². The Morgan fingerprint density at radius 1 is 1.48 bits per heavy atom. The fourth-order valence-electron chi connectivity index (χ4n) is 2.48. The van der Waals surface area contributed by atoms with E-state index in [1.807, 2.05) is 6.07 Å². The molecule has 0 spiro atoms. The number of pyridine rings is 1. The van der Waals surface area contributed by atoms with Crippen molar-refractivity contribution in [1.29, 1.82) is 5.26 Å².